The average Bonchev–Trinajstić information content (AvgIpc) is 3.59. The molecular formula is C59H64N2O2. The molecule has 2 atom stereocenters. The van der Waals surface area contributed by atoms with Crippen LogP contribution in [0.15, 0.2) is 170 Å². The van der Waals surface area contributed by atoms with Gasteiger partial charge in [0.25, 0.3) is 0 Å². The van der Waals surface area contributed by atoms with Gasteiger partial charge < -0.3 is 10.6 Å². The van der Waals surface area contributed by atoms with E-state index in [9.17, 15) is 9.59 Å². The van der Waals surface area contributed by atoms with Gasteiger partial charge >= 0.3 is 0 Å². The van der Waals surface area contributed by atoms with E-state index in [1.54, 1.807) is 24.6 Å². The van der Waals surface area contributed by atoms with Gasteiger partial charge in [-0.25, -0.2) is 0 Å². The normalized spacial score (nSPS) is 13.7. The number of hydrogen-bond acceptors (Lipinski definition) is 4. The topological polar surface area (TPSA) is 58.2 Å². The number of fused-ring (bicyclic) bond motifs is 3. The first-order chi connectivity index (χ1) is 30.8. The van der Waals surface area contributed by atoms with Crippen molar-refractivity contribution < 1.29 is 9.59 Å². The Hall–Kier alpha value is -6.26. The van der Waals surface area contributed by atoms with E-state index < -0.39 is 0 Å². The number of rotatable bonds is 22. The Bertz CT molecular complexity index is 2310. The van der Waals surface area contributed by atoms with Crippen LogP contribution in [0.5, 0.6) is 0 Å². The van der Waals surface area contributed by atoms with Crippen LogP contribution in [0.25, 0.3) is 33.4 Å². The number of nitrogens with one attached hydrogen (secondary N) is 2. The van der Waals surface area contributed by atoms with Crippen LogP contribution in [0.3, 0.4) is 0 Å². The highest BCUT2D eigenvalue weighted by molar-refractivity contribution is 6.05. The predicted octanol–water partition coefficient (Wildman–Crippen LogP) is 16.1. The highest BCUT2D eigenvalue weighted by Gasteiger charge is 2.45. The minimum atomic E-state index is -0.116. The maximum Gasteiger partial charge on any atom is 0.187 e. The minimum absolute atomic E-state index is 0.0253. The molecule has 0 amide bonds. The van der Waals surface area contributed by atoms with Crippen LogP contribution in [0, 0.1) is 11.8 Å². The van der Waals surface area contributed by atoms with E-state index in [1.807, 2.05) is 60.7 Å². The molecule has 0 radical (unpaired) electrons. The molecule has 0 aliphatic heterocycles. The number of anilines is 2. The highest BCUT2D eigenvalue weighted by Crippen LogP contribution is 2.57. The smallest absolute Gasteiger partial charge is 0.187 e. The Kier molecular flexibility index (Phi) is 15.4. The lowest BCUT2D eigenvalue weighted by Gasteiger charge is -2.39. The number of benzene rings is 6. The molecule has 0 heterocycles. The molecule has 0 spiro atoms. The maximum atomic E-state index is 12.6. The molecule has 0 aromatic heterocycles. The van der Waals surface area contributed by atoms with Gasteiger partial charge in [0.2, 0.25) is 0 Å². The Labute approximate surface area is 376 Å². The van der Waals surface area contributed by atoms with E-state index in [4.69, 9.17) is 0 Å². The Balaban J connectivity index is 1.22. The number of hydrogen-bond donors (Lipinski definition) is 2. The SMILES string of the molecule is CCCCC(CC)CC1(CC(CC)CCCC)c2cc(-c3ccc(N/C=C/C(=O)c4ccccc4)cc3)ccc2-c2ccc(-c3ccc(N/C=C/C(=O)c4ccccc4)cc3)cc21. The Morgan fingerprint density at radius 1 is 0.492 bits per heavy atom. The minimum Gasteiger partial charge on any atom is -0.362 e. The highest BCUT2D eigenvalue weighted by atomic mass is 16.1. The lowest BCUT2D eigenvalue weighted by atomic mass is 9.64. The molecule has 4 heteroatoms. The van der Waals surface area contributed by atoms with Gasteiger partial charge in [-0.3, -0.25) is 9.59 Å². The summed E-state index contributed by atoms with van der Waals surface area (Å²) in [6.07, 6.45) is 18.7. The summed E-state index contributed by atoms with van der Waals surface area (Å²) in [6.45, 7) is 9.44. The van der Waals surface area contributed by atoms with Crippen LogP contribution in [-0.4, -0.2) is 11.6 Å². The van der Waals surface area contributed by atoms with Crippen molar-refractivity contribution in [3.05, 3.63) is 192 Å². The molecule has 6 aromatic rings. The van der Waals surface area contributed by atoms with Crippen molar-refractivity contribution in [2.45, 2.75) is 97.3 Å². The number of carbonyl (C=O) groups is 2. The van der Waals surface area contributed by atoms with Crippen LogP contribution >= 0.6 is 0 Å². The molecule has 0 saturated carbocycles. The molecule has 1 aliphatic carbocycles. The van der Waals surface area contributed by atoms with Crippen molar-refractivity contribution in [2.24, 2.45) is 11.8 Å². The van der Waals surface area contributed by atoms with Crippen LogP contribution < -0.4 is 10.6 Å². The van der Waals surface area contributed by atoms with Gasteiger partial charge in [0.05, 0.1) is 0 Å². The second-order valence-corrected chi connectivity index (χ2v) is 17.4. The molecule has 0 bridgehead atoms. The van der Waals surface area contributed by atoms with Gasteiger partial charge in [-0.15, -0.1) is 0 Å². The fourth-order valence-corrected chi connectivity index (χ4v) is 9.59. The second kappa shape index (κ2) is 21.7. The van der Waals surface area contributed by atoms with Crippen LogP contribution in [0.4, 0.5) is 11.4 Å². The zero-order chi connectivity index (χ0) is 44.0. The molecule has 2 N–H and O–H groups in total. The van der Waals surface area contributed by atoms with Crippen molar-refractivity contribution in [3.8, 4) is 33.4 Å². The first-order valence-corrected chi connectivity index (χ1v) is 23.4. The molecule has 1 aliphatic rings. The number of ketones is 2. The largest absolute Gasteiger partial charge is 0.362 e. The van der Waals surface area contributed by atoms with E-state index in [0.29, 0.717) is 23.0 Å². The summed E-state index contributed by atoms with van der Waals surface area (Å²) < 4.78 is 0. The van der Waals surface area contributed by atoms with Crippen molar-refractivity contribution in [3.63, 3.8) is 0 Å². The van der Waals surface area contributed by atoms with Crippen molar-refractivity contribution >= 4 is 22.9 Å². The third kappa shape index (κ3) is 10.9. The van der Waals surface area contributed by atoms with Crippen LogP contribution in [0.1, 0.15) is 124 Å². The number of unbranched alkanes of at least 4 members (excludes halogenated alkanes) is 2. The van der Waals surface area contributed by atoms with Crippen LogP contribution in [-0.2, 0) is 5.41 Å². The van der Waals surface area contributed by atoms with Crippen LogP contribution in [0.2, 0.25) is 0 Å². The number of allylic oxidation sites excluding steroid dienone is 2. The Morgan fingerprint density at radius 2 is 0.873 bits per heavy atom. The van der Waals surface area contributed by atoms with Gasteiger partial charge in [-0.05, 0) is 106 Å². The lowest BCUT2D eigenvalue weighted by Crippen LogP contribution is -2.31. The van der Waals surface area contributed by atoms with E-state index in [-0.39, 0.29) is 17.0 Å². The van der Waals surface area contributed by atoms with E-state index in [2.05, 4.69) is 123 Å². The van der Waals surface area contributed by atoms with Gasteiger partial charge in [0.15, 0.2) is 11.6 Å². The van der Waals surface area contributed by atoms with Gasteiger partial charge in [-0.2, -0.15) is 0 Å². The quantitative estimate of drug-likeness (QED) is 0.0528. The third-order valence-electron chi connectivity index (χ3n) is 13.2. The summed E-state index contributed by atoms with van der Waals surface area (Å²) in [4.78, 5) is 25.2. The first kappa shape index (κ1) is 44.8. The van der Waals surface area contributed by atoms with Crippen molar-refractivity contribution in [1.29, 1.82) is 0 Å². The van der Waals surface area contributed by atoms with Crippen molar-refractivity contribution in [1.82, 2.24) is 0 Å². The van der Waals surface area contributed by atoms with Gasteiger partial charge in [0.1, 0.15) is 0 Å². The summed E-state index contributed by atoms with van der Waals surface area (Å²) in [5.41, 5.74) is 13.7. The van der Waals surface area contributed by atoms with Gasteiger partial charge in [-0.1, -0.05) is 188 Å². The summed E-state index contributed by atoms with van der Waals surface area (Å²) in [7, 11) is 0. The molecular weight excluding hydrogens is 769 g/mol. The third-order valence-corrected chi connectivity index (χ3v) is 13.2. The maximum absolute atomic E-state index is 12.6. The summed E-state index contributed by atoms with van der Waals surface area (Å²) in [6, 6.07) is 50.4. The summed E-state index contributed by atoms with van der Waals surface area (Å²) >= 11 is 0. The molecule has 2 unspecified atom stereocenters. The zero-order valence-corrected chi connectivity index (χ0v) is 37.7. The Morgan fingerprint density at radius 3 is 1.24 bits per heavy atom. The standard InChI is InChI=1S/C59H64N2O2/c1-5-9-17-43(7-3)41-59(42-44(8-4)18-10-6-2)55-39-49(45-23-29-51(30-24-45)60-37-35-57(62)47-19-13-11-14-20-47)27-33-53(55)54-34-28-50(40-56(54)59)46-25-31-52(32-26-46)61-38-36-58(63)48-21-15-12-16-22-48/h11-16,19-40,43-44,60-61H,5-10,17-18,41-42H2,1-4H3/b37-35+,38-36+. The molecule has 0 saturated heterocycles. The summed E-state index contributed by atoms with van der Waals surface area (Å²) in [5.74, 6) is 1.20. The molecule has 322 valence electrons. The van der Waals surface area contributed by atoms with E-state index >= 15 is 0 Å². The fourth-order valence-electron chi connectivity index (χ4n) is 9.59. The summed E-state index contributed by atoms with van der Waals surface area (Å²) in [5, 5.41) is 6.60. The predicted molar refractivity (Wildman–Crippen MR) is 266 cm³/mol. The number of carbonyl (C=O) groups excluding carboxylic acids is 2. The monoisotopic (exact) mass is 832 g/mol. The average molecular weight is 833 g/mol. The molecule has 6 aromatic carbocycles. The molecule has 0 fully saturated rings. The van der Waals surface area contributed by atoms with Gasteiger partial charge in [0, 0.05) is 52.5 Å². The molecule has 63 heavy (non-hydrogen) atoms. The van der Waals surface area contributed by atoms with E-state index in [1.165, 1.54) is 95.9 Å². The fraction of sp³-hybridized carbons (Fsp3) is 0.288. The first-order valence-electron chi connectivity index (χ1n) is 23.4. The molecule has 4 nitrogen and oxygen atoms in total. The zero-order valence-electron chi connectivity index (χ0n) is 37.7. The lowest BCUT2D eigenvalue weighted by molar-refractivity contribution is 0.103. The van der Waals surface area contributed by atoms with Crippen molar-refractivity contribution in [2.75, 3.05) is 10.6 Å². The van der Waals surface area contributed by atoms with E-state index in [0.717, 1.165) is 24.2 Å². The molecule has 7 rings (SSSR count). The second-order valence-electron chi connectivity index (χ2n) is 17.4.